The lowest BCUT2D eigenvalue weighted by Crippen LogP contribution is -3.15. The predicted octanol–water partition coefficient (Wildman–Crippen LogP) is -0.439. The number of quaternary nitrogens is 1. The van der Waals surface area contributed by atoms with E-state index in [1.807, 2.05) is 18.2 Å². The van der Waals surface area contributed by atoms with Gasteiger partial charge in [-0.3, -0.25) is 14.5 Å². The van der Waals surface area contributed by atoms with E-state index in [0.717, 1.165) is 4.90 Å². The monoisotopic (exact) mass is 415 g/mol. The van der Waals surface area contributed by atoms with Gasteiger partial charge in [0.05, 0.1) is 42.4 Å². The Hall–Kier alpha value is -2.75. The number of fused-ring (bicyclic) bond motifs is 1. The van der Waals surface area contributed by atoms with Crippen LogP contribution in [0.4, 0.5) is 11.4 Å². The summed E-state index contributed by atoms with van der Waals surface area (Å²) in [4.78, 5) is 27.6. The molecule has 2 N–H and O–H groups in total. The topological polar surface area (TPSA) is 91.2 Å². The van der Waals surface area contributed by atoms with Crippen molar-refractivity contribution in [3.05, 3.63) is 54.6 Å². The van der Waals surface area contributed by atoms with Gasteiger partial charge in [-0.2, -0.15) is 4.31 Å². The van der Waals surface area contributed by atoms with E-state index in [0.29, 0.717) is 37.6 Å². The standard InChI is InChI=1S/C20H22N4O4S/c25-19-14-24(18-9-5-4-8-17(18)21-19)20(26)15-22-10-12-23(13-11-22)29(27,28)16-6-2-1-3-7-16/h1-9H,10-15H2,(H,21,25)/p+1. The summed E-state index contributed by atoms with van der Waals surface area (Å²) in [6.07, 6.45) is 0. The Morgan fingerprint density at radius 1 is 1.00 bits per heavy atom. The van der Waals surface area contributed by atoms with Gasteiger partial charge in [-0.1, -0.05) is 30.3 Å². The van der Waals surface area contributed by atoms with Crippen molar-refractivity contribution >= 4 is 33.2 Å². The Labute approximate surface area is 169 Å². The minimum atomic E-state index is -3.51. The second-order valence-corrected chi connectivity index (χ2v) is 9.13. The van der Waals surface area contributed by atoms with Crippen molar-refractivity contribution in [2.45, 2.75) is 4.90 Å². The van der Waals surface area contributed by atoms with Gasteiger partial charge in [-0.25, -0.2) is 8.42 Å². The highest BCUT2D eigenvalue weighted by atomic mass is 32.2. The molecule has 0 saturated carbocycles. The van der Waals surface area contributed by atoms with Crippen LogP contribution in [-0.4, -0.2) is 63.8 Å². The third-order valence-electron chi connectivity index (χ3n) is 5.28. The van der Waals surface area contributed by atoms with Crippen molar-refractivity contribution in [1.29, 1.82) is 0 Å². The van der Waals surface area contributed by atoms with E-state index in [1.165, 1.54) is 9.21 Å². The van der Waals surface area contributed by atoms with E-state index >= 15 is 0 Å². The van der Waals surface area contributed by atoms with Crippen molar-refractivity contribution in [2.24, 2.45) is 0 Å². The second-order valence-electron chi connectivity index (χ2n) is 7.19. The van der Waals surface area contributed by atoms with Gasteiger partial charge in [0, 0.05) is 0 Å². The van der Waals surface area contributed by atoms with Gasteiger partial charge < -0.3 is 10.2 Å². The smallest absolute Gasteiger partial charge is 0.282 e. The summed E-state index contributed by atoms with van der Waals surface area (Å²) in [6.45, 7) is 2.02. The number of para-hydroxylation sites is 2. The number of nitrogens with one attached hydrogen (secondary N) is 2. The Morgan fingerprint density at radius 2 is 1.66 bits per heavy atom. The molecule has 2 heterocycles. The van der Waals surface area contributed by atoms with Crippen LogP contribution in [0.3, 0.4) is 0 Å². The third kappa shape index (κ3) is 4.02. The first-order chi connectivity index (χ1) is 13.9. The van der Waals surface area contributed by atoms with Crippen molar-refractivity contribution < 1.29 is 22.9 Å². The molecular weight excluding hydrogens is 392 g/mol. The molecule has 0 radical (unpaired) electrons. The van der Waals surface area contributed by atoms with E-state index in [1.54, 1.807) is 36.4 Å². The average molecular weight is 415 g/mol. The number of benzene rings is 2. The van der Waals surface area contributed by atoms with Crippen LogP contribution in [0.2, 0.25) is 0 Å². The van der Waals surface area contributed by atoms with Gasteiger partial charge in [-0.15, -0.1) is 0 Å². The molecule has 2 amide bonds. The van der Waals surface area contributed by atoms with Gasteiger partial charge in [-0.05, 0) is 24.3 Å². The van der Waals surface area contributed by atoms with Crippen LogP contribution in [0.25, 0.3) is 0 Å². The van der Waals surface area contributed by atoms with E-state index in [-0.39, 0.29) is 29.8 Å². The lowest BCUT2D eigenvalue weighted by molar-refractivity contribution is -0.895. The highest BCUT2D eigenvalue weighted by Crippen LogP contribution is 2.28. The molecule has 29 heavy (non-hydrogen) atoms. The summed E-state index contributed by atoms with van der Waals surface area (Å²) in [5.41, 5.74) is 1.33. The van der Waals surface area contributed by atoms with Crippen molar-refractivity contribution in [1.82, 2.24) is 4.31 Å². The molecule has 0 aliphatic carbocycles. The van der Waals surface area contributed by atoms with Crippen molar-refractivity contribution in [2.75, 3.05) is 49.5 Å². The molecule has 8 nitrogen and oxygen atoms in total. The summed E-state index contributed by atoms with van der Waals surface area (Å²) < 4.78 is 26.9. The predicted molar refractivity (Wildman–Crippen MR) is 108 cm³/mol. The van der Waals surface area contributed by atoms with Gasteiger partial charge in [0.2, 0.25) is 15.9 Å². The van der Waals surface area contributed by atoms with Crippen LogP contribution in [0.1, 0.15) is 0 Å². The number of carbonyl (C=O) groups excluding carboxylic acids is 2. The quantitative estimate of drug-likeness (QED) is 0.709. The van der Waals surface area contributed by atoms with E-state index in [9.17, 15) is 18.0 Å². The number of piperazine rings is 1. The summed E-state index contributed by atoms with van der Waals surface area (Å²) in [5.74, 6) is -0.354. The summed E-state index contributed by atoms with van der Waals surface area (Å²) in [7, 11) is -3.51. The third-order valence-corrected chi connectivity index (χ3v) is 7.20. The SMILES string of the molecule is O=C1CN(C(=O)C[NH+]2CCN(S(=O)(=O)c3ccccc3)CC2)c2ccccc2N1. The maximum absolute atomic E-state index is 12.9. The lowest BCUT2D eigenvalue weighted by Gasteiger charge is -2.33. The van der Waals surface area contributed by atoms with E-state index in [4.69, 9.17) is 0 Å². The molecule has 0 spiro atoms. The summed E-state index contributed by atoms with van der Waals surface area (Å²) in [6, 6.07) is 15.6. The fourth-order valence-corrected chi connectivity index (χ4v) is 5.19. The first-order valence-corrected chi connectivity index (χ1v) is 11.0. The average Bonchev–Trinajstić information content (AvgIpc) is 2.74. The Morgan fingerprint density at radius 3 is 2.38 bits per heavy atom. The van der Waals surface area contributed by atoms with Crippen LogP contribution in [0.5, 0.6) is 0 Å². The first kappa shape index (κ1) is 19.6. The Kier molecular flexibility index (Phi) is 5.35. The Balaban J connectivity index is 1.39. The van der Waals surface area contributed by atoms with Gasteiger partial charge in [0.25, 0.3) is 5.91 Å². The number of hydrogen-bond acceptors (Lipinski definition) is 4. The van der Waals surface area contributed by atoms with Gasteiger partial charge >= 0.3 is 0 Å². The minimum Gasteiger partial charge on any atom is -0.325 e. The number of sulfonamides is 1. The van der Waals surface area contributed by atoms with Crippen molar-refractivity contribution in [3.63, 3.8) is 0 Å². The molecule has 2 aliphatic heterocycles. The largest absolute Gasteiger partial charge is 0.325 e. The zero-order valence-electron chi connectivity index (χ0n) is 15.9. The molecular formula is C20H23N4O4S+. The first-order valence-electron chi connectivity index (χ1n) is 9.53. The minimum absolute atomic E-state index is 0.00234. The Bertz CT molecular complexity index is 1020. The van der Waals surface area contributed by atoms with Gasteiger partial charge in [0.1, 0.15) is 6.54 Å². The molecule has 1 fully saturated rings. The highest BCUT2D eigenvalue weighted by Gasteiger charge is 2.33. The number of rotatable bonds is 4. The number of hydrogen-bond donors (Lipinski definition) is 2. The highest BCUT2D eigenvalue weighted by molar-refractivity contribution is 7.89. The molecule has 2 aliphatic rings. The maximum atomic E-state index is 12.9. The molecule has 9 heteroatoms. The maximum Gasteiger partial charge on any atom is 0.282 e. The number of carbonyl (C=O) groups is 2. The molecule has 0 bridgehead atoms. The number of anilines is 2. The van der Waals surface area contributed by atoms with Crippen molar-refractivity contribution in [3.8, 4) is 0 Å². The number of nitrogens with zero attached hydrogens (tertiary/aromatic N) is 2. The fourth-order valence-electron chi connectivity index (χ4n) is 3.73. The molecule has 1 saturated heterocycles. The molecule has 0 atom stereocenters. The molecule has 4 rings (SSSR count). The van der Waals surface area contributed by atoms with E-state index in [2.05, 4.69) is 5.32 Å². The normalized spacial score (nSPS) is 18.2. The number of amides is 2. The van der Waals surface area contributed by atoms with Crippen LogP contribution < -0.4 is 15.1 Å². The fraction of sp³-hybridized carbons (Fsp3) is 0.300. The van der Waals surface area contributed by atoms with Gasteiger partial charge in [0.15, 0.2) is 6.54 Å². The zero-order chi connectivity index (χ0) is 20.4. The summed E-state index contributed by atoms with van der Waals surface area (Å²) in [5, 5.41) is 2.77. The second kappa shape index (κ2) is 7.94. The molecule has 2 aromatic carbocycles. The van der Waals surface area contributed by atoms with Crippen LogP contribution in [0, 0.1) is 0 Å². The van der Waals surface area contributed by atoms with E-state index < -0.39 is 10.0 Å². The lowest BCUT2D eigenvalue weighted by atomic mass is 10.2. The molecule has 2 aromatic rings. The zero-order valence-corrected chi connectivity index (χ0v) is 16.7. The van der Waals surface area contributed by atoms with Crippen LogP contribution in [-0.2, 0) is 19.6 Å². The molecule has 0 aromatic heterocycles. The molecule has 0 unspecified atom stereocenters. The van der Waals surface area contributed by atoms with Crippen LogP contribution in [0.15, 0.2) is 59.5 Å². The summed E-state index contributed by atoms with van der Waals surface area (Å²) >= 11 is 0. The molecule has 152 valence electrons. The van der Waals surface area contributed by atoms with Crippen LogP contribution >= 0.6 is 0 Å².